The van der Waals surface area contributed by atoms with E-state index in [1.807, 2.05) is 6.07 Å². The molecule has 1 aromatic heterocycles. The van der Waals surface area contributed by atoms with E-state index >= 15 is 0 Å². The van der Waals surface area contributed by atoms with Gasteiger partial charge >= 0.3 is 0 Å². The van der Waals surface area contributed by atoms with Crippen LogP contribution in [0.5, 0.6) is 0 Å². The first-order chi connectivity index (χ1) is 8.92. The summed E-state index contributed by atoms with van der Waals surface area (Å²) in [7, 11) is -3.90. The molecule has 0 bridgehead atoms. The monoisotopic (exact) mass is 342 g/mol. The summed E-state index contributed by atoms with van der Waals surface area (Å²) in [4.78, 5) is 13.8. The van der Waals surface area contributed by atoms with Gasteiger partial charge in [-0.15, -0.1) is 0 Å². The zero-order valence-electron chi connectivity index (χ0n) is 9.98. The molecule has 0 aliphatic heterocycles. The van der Waals surface area contributed by atoms with Crippen LogP contribution in [0.2, 0.25) is 0 Å². The number of hydrogen-bond acceptors (Lipinski definition) is 3. The molecule has 2 aromatic rings. The molecule has 0 amide bonds. The first-order valence-corrected chi connectivity index (χ1v) is 7.64. The highest BCUT2D eigenvalue weighted by Gasteiger charge is 2.18. The second-order valence-electron chi connectivity index (χ2n) is 3.89. The second kappa shape index (κ2) is 5.18. The minimum absolute atomic E-state index is 0.311. The van der Waals surface area contributed by atoms with Gasteiger partial charge in [-0.25, -0.2) is 8.42 Å². The molecule has 0 spiro atoms. The first-order valence-electron chi connectivity index (χ1n) is 5.37. The standard InChI is InChI=1S/C12H11BrN2O3S/c1-8-9(13)3-2-4-10(8)15-19(17,18)12-7-14-6-5-11(12)16/h2-7,15H,1H3,(H,14,16). The molecule has 2 N–H and O–H groups in total. The van der Waals surface area contributed by atoms with E-state index in [0.717, 1.165) is 16.2 Å². The number of rotatable bonds is 3. The lowest BCUT2D eigenvalue weighted by Gasteiger charge is -2.10. The van der Waals surface area contributed by atoms with E-state index in [2.05, 4.69) is 25.6 Å². The van der Waals surface area contributed by atoms with Crippen LogP contribution in [0.4, 0.5) is 5.69 Å². The number of H-pyrrole nitrogens is 1. The molecule has 0 radical (unpaired) electrons. The molecule has 0 saturated heterocycles. The molecule has 19 heavy (non-hydrogen) atoms. The van der Waals surface area contributed by atoms with Gasteiger partial charge in [-0.1, -0.05) is 22.0 Å². The molecule has 0 fully saturated rings. The third kappa shape index (κ3) is 2.87. The van der Waals surface area contributed by atoms with E-state index in [0.29, 0.717) is 5.69 Å². The number of hydrogen-bond donors (Lipinski definition) is 2. The summed E-state index contributed by atoms with van der Waals surface area (Å²) in [6.45, 7) is 1.77. The number of aromatic amines is 1. The quantitative estimate of drug-likeness (QED) is 0.897. The Morgan fingerprint density at radius 1 is 1.26 bits per heavy atom. The summed E-state index contributed by atoms with van der Waals surface area (Å²) >= 11 is 3.32. The maximum Gasteiger partial charge on any atom is 0.267 e. The highest BCUT2D eigenvalue weighted by molar-refractivity contribution is 9.10. The van der Waals surface area contributed by atoms with Crippen LogP contribution in [0, 0.1) is 6.92 Å². The molecule has 7 heteroatoms. The summed E-state index contributed by atoms with van der Waals surface area (Å²) < 4.78 is 27.5. The number of sulfonamides is 1. The fourth-order valence-electron chi connectivity index (χ4n) is 1.53. The molecular formula is C12H11BrN2O3S. The summed E-state index contributed by atoms with van der Waals surface area (Å²) in [5, 5.41) is 0. The minimum Gasteiger partial charge on any atom is -0.366 e. The van der Waals surface area contributed by atoms with Crippen LogP contribution in [0.3, 0.4) is 0 Å². The Labute approximate surface area is 118 Å². The van der Waals surface area contributed by atoms with Gasteiger partial charge in [0, 0.05) is 22.9 Å². The lowest BCUT2D eigenvalue weighted by Crippen LogP contribution is -2.21. The Morgan fingerprint density at radius 3 is 2.68 bits per heavy atom. The third-order valence-corrected chi connectivity index (χ3v) is 4.84. The predicted octanol–water partition coefficient (Wildman–Crippen LogP) is 2.25. The van der Waals surface area contributed by atoms with Crippen molar-refractivity contribution in [2.24, 2.45) is 0 Å². The largest absolute Gasteiger partial charge is 0.366 e. The maximum atomic E-state index is 12.1. The Balaban J connectivity index is 2.46. The van der Waals surface area contributed by atoms with Crippen LogP contribution >= 0.6 is 15.9 Å². The van der Waals surface area contributed by atoms with Crippen LogP contribution in [0.25, 0.3) is 0 Å². The summed E-state index contributed by atoms with van der Waals surface area (Å²) in [6, 6.07) is 6.32. The van der Waals surface area contributed by atoms with Crippen LogP contribution in [0.1, 0.15) is 5.56 Å². The molecule has 0 aliphatic carbocycles. The fraction of sp³-hybridized carbons (Fsp3) is 0.0833. The van der Waals surface area contributed by atoms with E-state index in [4.69, 9.17) is 0 Å². The Morgan fingerprint density at radius 2 is 2.00 bits per heavy atom. The Hall–Kier alpha value is -1.60. The van der Waals surface area contributed by atoms with Crippen LogP contribution in [-0.4, -0.2) is 13.4 Å². The van der Waals surface area contributed by atoms with E-state index in [1.54, 1.807) is 19.1 Å². The van der Waals surface area contributed by atoms with E-state index in [9.17, 15) is 13.2 Å². The van der Waals surface area contributed by atoms with E-state index in [-0.39, 0.29) is 4.90 Å². The number of halogens is 1. The third-order valence-electron chi connectivity index (χ3n) is 2.59. The van der Waals surface area contributed by atoms with Crippen LogP contribution in [0.15, 0.2) is 50.8 Å². The molecule has 100 valence electrons. The Bertz CT molecular complexity index is 769. The molecule has 0 unspecified atom stereocenters. The first kappa shape index (κ1) is 13.8. The molecule has 5 nitrogen and oxygen atoms in total. The lowest BCUT2D eigenvalue weighted by molar-refractivity contribution is 0.600. The van der Waals surface area contributed by atoms with Crippen molar-refractivity contribution in [1.82, 2.24) is 4.98 Å². The van der Waals surface area contributed by atoms with Gasteiger partial charge in [0.25, 0.3) is 10.0 Å². The van der Waals surface area contributed by atoms with Crippen molar-refractivity contribution < 1.29 is 8.42 Å². The van der Waals surface area contributed by atoms with Gasteiger partial charge in [-0.05, 0) is 24.6 Å². The average Bonchev–Trinajstić information content (AvgIpc) is 2.35. The van der Waals surface area contributed by atoms with Gasteiger partial charge < -0.3 is 4.98 Å². The SMILES string of the molecule is Cc1c(Br)cccc1NS(=O)(=O)c1c[nH]ccc1=O. The van der Waals surface area contributed by atoms with Gasteiger partial charge in [-0.2, -0.15) is 0 Å². The Kier molecular flexibility index (Phi) is 3.77. The molecular weight excluding hydrogens is 332 g/mol. The average molecular weight is 343 g/mol. The molecule has 0 atom stereocenters. The molecule has 1 heterocycles. The van der Waals surface area contributed by atoms with Gasteiger partial charge in [0.15, 0.2) is 4.90 Å². The topological polar surface area (TPSA) is 79.0 Å². The maximum absolute atomic E-state index is 12.1. The summed E-state index contributed by atoms with van der Waals surface area (Å²) in [5.41, 5.74) is 0.620. The van der Waals surface area contributed by atoms with Crippen LogP contribution < -0.4 is 10.2 Å². The zero-order valence-corrected chi connectivity index (χ0v) is 12.4. The van der Waals surface area contributed by atoms with Gasteiger partial charge in [0.1, 0.15) is 0 Å². The highest BCUT2D eigenvalue weighted by atomic mass is 79.9. The highest BCUT2D eigenvalue weighted by Crippen LogP contribution is 2.25. The molecule has 0 aliphatic rings. The van der Waals surface area contributed by atoms with Gasteiger partial charge in [-0.3, -0.25) is 9.52 Å². The summed E-state index contributed by atoms with van der Waals surface area (Å²) in [5.74, 6) is 0. The molecule has 1 aromatic carbocycles. The van der Waals surface area contributed by atoms with Crippen molar-refractivity contribution in [2.45, 2.75) is 11.8 Å². The number of aromatic nitrogens is 1. The van der Waals surface area contributed by atoms with Crippen molar-refractivity contribution in [1.29, 1.82) is 0 Å². The molecule has 2 rings (SSSR count). The number of benzene rings is 1. The number of pyridine rings is 1. The van der Waals surface area contributed by atoms with E-state index < -0.39 is 15.5 Å². The second-order valence-corrected chi connectivity index (χ2v) is 6.40. The predicted molar refractivity (Wildman–Crippen MR) is 76.8 cm³/mol. The molecule has 0 saturated carbocycles. The zero-order chi connectivity index (χ0) is 14.0. The van der Waals surface area contributed by atoms with Crippen molar-refractivity contribution in [3.63, 3.8) is 0 Å². The van der Waals surface area contributed by atoms with Gasteiger partial charge in [0.05, 0.1) is 5.69 Å². The van der Waals surface area contributed by atoms with Crippen LogP contribution in [-0.2, 0) is 10.0 Å². The number of anilines is 1. The van der Waals surface area contributed by atoms with Gasteiger partial charge in [0.2, 0.25) is 5.43 Å². The normalized spacial score (nSPS) is 11.3. The minimum atomic E-state index is -3.90. The van der Waals surface area contributed by atoms with E-state index in [1.165, 1.54) is 12.3 Å². The van der Waals surface area contributed by atoms with Crippen molar-refractivity contribution >= 4 is 31.6 Å². The van der Waals surface area contributed by atoms with Crippen molar-refractivity contribution in [3.8, 4) is 0 Å². The van der Waals surface area contributed by atoms with Crippen molar-refractivity contribution in [2.75, 3.05) is 4.72 Å². The summed E-state index contributed by atoms with van der Waals surface area (Å²) in [6.07, 6.45) is 2.55. The number of nitrogens with one attached hydrogen (secondary N) is 2. The van der Waals surface area contributed by atoms with Crippen molar-refractivity contribution in [3.05, 3.63) is 56.9 Å². The fourth-order valence-corrected chi connectivity index (χ4v) is 3.07. The lowest BCUT2D eigenvalue weighted by atomic mass is 10.2. The smallest absolute Gasteiger partial charge is 0.267 e.